The minimum absolute atomic E-state index is 0.184. The number of nitrogens with one attached hydrogen (secondary N) is 2. The molecule has 0 aliphatic rings. The Hall–Kier alpha value is -2.06. The van der Waals surface area contributed by atoms with Crippen molar-refractivity contribution in [2.45, 2.75) is 13.8 Å². The van der Waals surface area contributed by atoms with Crippen molar-refractivity contribution in [1.82, 2.24) is 10.7 Å². The third-order valence-electron chi connectivity index (χ3n) is 2.39. The second kappa shape index (κ2) is 9.86. The van der Waals surface area contributed by atoms with Gasteiger partial charge < -0.3 is 19.9 Å². The van der Waals surface area contributed by atoms with Crippen LogP contribution in [0, 0.1) is 0 Å². The Bertz CT molecular complexity index is 596. The molecule has 0 atom stereocenters. The molecule has 0 aliphatic carbocycles. The maximum absolute atomic E-state index is 10.6. The van der Waals surface area contributed by atoms with Gasteiger partial charge in [-0.25, -0.2) is 4.79 Å². The predicted octanol–water partition coefficient (Wildman–Crippen LogP) is 2.02. The largest absolute Gasteiger partial charge is 0.490 e. The van der Waals surface area contributed by atoms with E-state index in [1.54, 1.807) is 19.1 Å². The first kappa shape index (κ1) is 19.0. The molecule has 23 heavy (non-hydrogen) atoms. The van der Waals surface area contributed by atoms with Gasteiger partial charge in [0.1, 0.15) is 0 Å². The summed E-state index contributed by atoms with van der Waals surface area (Å²) in [7, 11) is 0. The van der Waals surface area contributed by atoms with E-state index in [-0.39, 0.29) is 10.8 Å². The molecule has 1 aromatic rings. The first-order valence-electron chi connectivity index (χ1n) is 6.85. The fourth-order valence-corrected chi connectivity index (χ4v) is 2.04. The van der Waals surface area contributed by atoms with Gasteiger partial charge in [-0.2, -0.15) is 5.10 Å². The zero-order chi connectivity index (χ0) is 17.2. The highest BCUT2D eigenvalue weighted by atomic mass is 35.5. The Morgan fingerprint density at radius 3 is 2.78 bits per heavy atom. The zero-order valence-electron chi connectivity index (χ0n) is 12.8. The van der Waals surface area contributed by atoms with Crippen molar-refractivity contribution in [3.05, 3.63) is 22.7 Å². The van der Waals surface area contributed by atoms with Crippen molar-refractivity contribution >= 4 is 41.1 Å². The van der Waals surface area contributed by atoms with Crippen LogP contribution in [-0.4, -0.2) is 42.2 Å². The van der Waals surface area contributed by atoms with Crippen LogP contribution in [0.2, 0.25) is 5.02 Å². The van der Waals surface area contributed by atoms with Gasteiger partial charge in [0.15, 0.2) is 23.2 Å². The highest BCUT2D eigenvalue weighted by Crippen LogP contribution is 2.36. The quantitative estimate of drug-likeness (QED) is 0.371. The van der Waals surface area contributed by atoms with E-state index in [2.05, 4.69) is 15.8 Å². The molecule has 0 fully saturated rings. The average Bonchev–Trinajstić information content (AvgIpc) is 2.46. The first-order chi connectivity index (χ1) is 11.0. The van der Waals surface area contributed by atoms with Crippen LogP contribution in [0.4, 0.5) is 0 Å². The number of hydrogen-bond acceptors (Lipinski definition) is 5. The minimum atomic E-state index is -1.10. The summed E-state index contributed by atoms with van der Waals surface area (Å²) in [4.78, 5) is 10.6. The predicted molar refractivity (Wildman–Crippen MR) is 92.8 cm³/mol. The summed E-state index contributed by atoms with van der Waals surface area (Å²) in [5.74, 6) is -0.573. The molecule has 1 aromatic carbocycles. The average molecular weight is 360 g/mol. The number of thiocarbonyl (C=S) groups is 1. The molecular formula is C14H18ClN3O4S. The van der Waals surface area contributed by atoms with E-state index >= 15 is 0 Å². The van der Waals surface area contributed by atoms with Crippen LogP contribution in [0.1, 0.15) is 19.4 Å². The Morgan fingerprint density at radius 2 is 2.17 bits per heavy atom. The van der Waals surface area contributed by atoms with Gasteiger partial charge in [0.05, 0.1) is 17.8 Å². The summed E-state index contributed by atoms with van der Waals surface area (Å²) in [6.07, 6.45) is 1.51. The number of halogens is 1. The molecule has 0 aromatic heterocycles. The number of rotatable bonds is 8. The van der Waals surface area contributed by atoms with E-state index in [0.717, 1.165) is 0 Å². The zero-order valence-corrected chi connectivity index (χ0v) is 14.3. The van der Waals surface area contributed by atoms with E-state index in [9.17, 15) is 4.79 Å². The molecular weight excluding hydrogens is 342 g/mol. The highest BCUT2D eigenvalue weighted by Gasteiger charge is 2.13. The molecule has 0 unspecified atom stereocenters. The molecule has 0 aliphatic heterocycles. The van der Waals surface area contributed by atoms with Crippen LogP contribution in [0.5, 0.6) is 11.5 Å². The second-order valence-corrected chi connectivity index (χ2v) is 4.99. The molecule has 0 amide bonds. The van der Waals surface area contributed by atoms with E-state index in [4.69, 9.17) is 38.4 Å². The molecule has 0 saturated carbocycles. The highest BCUT2D eigenvalue weighted by molar-refractivity contribution is 7.80. The van der Waals surface area contributed by atoms with E-state index in [0.29, 0.717) is 29.6 Å². The number of aliphatic carboxylic acids is 1. The number of carboxylic acids is 1. The molecule has 0 bridgehead atoms. The third-order valence-corrected chi connectivity index (χ3v) is 2.91. The van der Waals surface area contributed by atoms with Crippen LogP contribution in [0.25, 0.3) is 0 Å². The molecule has 0 saturated heterocycles. The number of carboxylic acid groups (broad SMARTS) is 1. The molecule has 0 radical (unpaired) electrons. The topological polar surface area (TPSA) is 92.2 Å². The van der Waals surface area contributed by atoms with Crippen LogP contribution in [-0.2, 0) is 4.79 Å². The maximum atomic E-state index is 10.6. The number of benzene rings is 1. The van der Waals surface area contributed by atoms with Gasteiger partial charge in [-0.1, -0.05) is 11.6 Å². The Morgan fingerprint density at radius 1 is 1.43 bits per heavy atom. The molecule has 9 heteroatoms. The molecule has 1 rings (SSSR count). The summed E-state index contributed by atoms with van der Waals surface area (Å²) >= 11 is 11.1. The summed E-state index contributed by atoms with van der Waals surface area (Å²) in [6.45, 7) is 4.28. The number of ether oxygens (including phenoxy) is 2. The molecule has 0 spiro atoms. The van der Waals surface area contributed by atoms with Crippen LogP contribution >= 0.6 is 23.8 Å². The monoisotopic (exact) mass is 359 g/mol. The van der Waals surface area contributed by atoms with Crippen molar-refractivity contribution < 1.29 is 19.4 Å². The van der Waals surface area contributed by atoms with Gasteiger partial charge >= 0.3 is 5.97 Å². The molecule has 7 nitrogen and oxygen atoms in total. The van der Waals surface area contributed by atoms with Crippen molar-refractivity contribution in [3.8, 4) is 11.5 Å². The Labute approximate surface area is 144 Å². The number of carbonyl (C=O) groups is 1. The standard InChI is InChI=1S/C14H18ClN3O4S/c1-3-16-14(23)18-17-7-9-5-10(15)13(22-8-12(19)20)11(6-9)21-4-2/h5-7H,3-4,8H2,1-2H3,(H,19,20)(H2,16,18,23)/b17-7-. The van der Waals surface area contributed by atoms with Gasteiger partial charge in [0, 0.05) is 6.54 Å². The smallest absolute Gasteiger partial charge is 0.341 e. The van der Waals surface area contributed by atoms with Gasteiger partial charge in [-0.3, -0.25) is 5.43 Å². The number of nitrogens with zero attached hydrogens (tertiary/aromatic N) is 1. The first-order valence-corrected chi connectivity index (χ1v) is 7.64. The van der Waals surface area contributed by atoms with Gasteiger partial charge in [0.25, 0.3) is 0 Å². The lowest BCUT2D eigenvalue weighted by atomic mass is 10.2. The summed E-state index contributed by atoms with van der Waals surface area (Å²) in [5, 5.41) is 16.2. The van der Waals surface area contributed by atoms with Crippen molar-refractivity contribution in [2.24, 2.45) is 5.10 Å². The normalized spacial score (nSPS) is 10.4. The van der Waals surface area contributed by atoms with Crippen molar-refractivity contribution in [2.75, 3.05) is 19.8 Å². The molecule has 126 valence electrons. The fourth-order valence-electron chi connectivity index (χ4n) is 1.56. The summed E-state index contributed by atoms with van der Waals surface area (Å²) < 4.78 is 10.6. The fraction of sp³-hybridized carbons (Fsp3) is 0.357. The van der Waals surface area contributed by atoms with E-state index < -0.39 is 12.6 Å². The van der Waals surface area contributed by atoms with Crippen LogP contribution < -0.4 is 20.2 Å². The van der Waals surface area contributed by atoms with Crippen molar-refractivity contribution in [3.63, 3.8) is 0 Å². The van der Waals surface area contributed by atoms with Crippen LogP contribution in [0.3, 0.4) is 0 Å². The third kappa shape index (κ3) is 6.70. The van der Waals surface area contributed by atoms with E-state index in [1.165, 1.54) is 6.21 Å². The lowest BCUT2D eigenvalue weighted by molar-refractivity contribution is -0.139. The van der Waals surface area contributed by atoms with Gasteiger partial charge in [0.2, 0.25) is 0 Å². The molecule has 0 heterocycles. The number of hydrazone groups is 1. The summed E-state index contributed by atoms with van der Waals surface area (Å²) in [5.41, 5.74) is 3.30. The lowest BCUT2D eigenvalue weighted by Gasteiger charge is -2.13. The van der Waals surface area contributed by atoms with Gasteiger partial charge in [-0.05, 0) is 43.8 Å². The maximum Gasteiger partial charge on any atom is 0.341 e. The Kier molecular flexibility index (Phi) is 8.14. The van der Waals surface area contributed by atoms with Crippen molar-refractivity contribution in [1.29, 1.82) is 0 Å². The SMILES string of the molecule is CCNC(=S)N/N=C\c1cc(Cl)c(OCC(=O)O)c(OCC)c1. The van der Waals surface area contributed by atoms with Crippen LogP contribution in [0.15, 0.2) is 17.2 Å². The number of hydrogen-bond donors (Lipinski definition) is 3. The van der Waals surface area contributed by atoms with Gasteiger partial charge in [-0.15, -0.1) is 0 Å². The van der Waals surface area contributed by atoms with E-state index in [1.807, 2.05) is 6.92 Å². The molecule has 3 N–H and O–H groups in total. The summed E-state index contributed by atoms with van der Waals surface area (Å²) in [6, 6.07) is 3.23. The Balaban J connectivity index is 2.91. The lowest BCUT2D eigenvalue weighted by Crippen LogP contribution is -2.31. The minimum Gasteiger partial charge on any atom is -0.490 e. The second-order valence-electron chi connectivity index (χ2n) is 4.17.